The largest absolute Gasteiger partial charge is 0.254 e. The van der Waals surface area contributed by atoms with Gasteiger partial charge in [-0.3, -0.25) is 9.98 Å². The number of benzene rings is 1. The third-order valence-corrected chi connectivity index (χ3v) is 4.04. The van der Waals surface area contributed by atoms with Gasteiger partial charge in [-0.2, -0.15) is 0 Å². The summed E-state index contributed by atoms with van der Waals surface area (Å²) in [5.41, 5.74) is 3.39. The van der Waals surface area contributed by atoms with Crippen LogP contribution in [-0.4, -0.2) is 25.4 Å². The number of rotatable bonds is 3. The summed E-state index contributed by atoms with van der Waals surface area (Å²) in [4.78, 5) is 8.90. The molecule has 2 rings (SSSR count). The third-order valence-electron chi connectivity index (χ3n) is 2.94. The highest BCUT2D eigenvalue weighted by Crippen LogP contribution is 2.18. The summed E-state index contributed by atoms with van der Waals surface area (Å²) >= 11 is 0. The van der Waals surface area contributed by atoms with Crippen LogP contribution in [-0.2, 0) is 9.84 Å². The molecular weight excluding hydrogens is 272 g/mol. The van der Waals surface area contributed by atoms with E-state index in [4.69, 9.17) is 0 Å². The second kappa shape index (κ2) is 5.54. The predicted molar refractivity (Wildman–Crippen MR) is 80.4 cm³/mol. The number of hydrogen-bond acceptors (Lipinski definition) is 4. The van der Waals surface area contributed by atoms with Gasteiger partial charge in [-0.1, -0.05) is 18.2 Å². The van der Waals surface area contributed by atoms with Crippen LogP contribution in [0.5, 0.6) is 0 Å². The Kier molecular flexibility index (Phi) is 3.99. The Balaban J connectivity index is 2.35. The molecule has 0 amide bonds. The average molecular weight is 288 g/mol. The summed E-state index contributed by atoms with van der Waals surface area (Å²) in [6.07, 6.45) is 2.53. The third kappa shape index (κ3) is 3.30. The van der Waals surface area contributed by atoms with Crippen molar-refractivity contribution < 1.29 is 8.42 Å². The van der Waals surface area contributed by atoms with E-state index in [0.717, 1.165) is 23.2 Å². The molecule has 0 aliphatic heterocycles. The summed E-state index contributed by atoms with van der Waals surface area (Å²) in [5.74, 6) is 0. The molecule has 5 heteroatoms. The first-order chi connectivity index (χ1) is 9.38. The molecule has 0 N–H and O–H groups in total. The van der Waals surface area contributed by atoms with Crippen molar-refractivity contribution in [3.05, 3.63) is 53.9 Å². The lowest BCUT2D eigenvalue weighted by atomic mass is 10.2. The van der Waals surface area contributed by atoms with Gasteiger partial charge in [0.25, 0.3) is 0 Å². The van der Waals surface area contributed by atoms with Gasteiger partial charge in [0.15, 0.2) is 9.84 Å². The molecule has 0 saturated heterocycles. The van der Waals surface area contributed by atoms with Gasteiger partial charge in [0.1, 0.15) is 0 Å². The zero-order valence-electron chi connectivity index (χ0n) is 11.7. The van der Waals surface area contributed by atoms with Crippen molar-refractivity contribution >= 4 is 21.2 Å². The van der Waals surface area contributed by atoms with Crippen molar-refractivity contribution in [3.8, 4) is 0 Å². The molecular formula is C15H16N2O2S. The minimum Gasteiger partial charge on any atom is -0.254 e. The van der Waals surface area contributed by atoms with E-state index < -0.39 is 9.84 Å². The second-order valence-corrected chi connectivity index (χ2v) is 6.65. The molecule has 0 unspecified atom stereocenters. The zero-order valence-corrected chi connectivity index (χ0v) is 12.5. The smallest absolute Gasteiger partial charge is 0.177 e. The first-order valence-electron chi connectivity index (χ1n) is 6.15. The van der Waals surface area contributed by atoms with Gasteiger partial charge in [0, 0.05) is 12.5 Å². The highest BCUT2D eigenvalue weighted by molar-refractivity contribution is 7.90. The Morgan fingerprint density at radius 2 is 1.85 bits per heavy atom. The number of hydrogen-bond donors (Lipinski definition) is 0. The van der Waals surface area contributed by atoms with Gasteiger partial charge in [-0.25, -0.2) is 8.42 Å². The summed E-state index contributed by atoms with van der Waals surface area (Å²) in [7, 11) is -3.21. The van der Waals surface area contributed by atoms with Crippen LogP contribution in [0.2, 0.25) is 0 Å². The van der Waals surface area contributed by atoms with Crippen LogP contribution < -0.4 is 0 Å². The van der Waals surface area contributed by atoms with Crippen LogP contribution in [0.3, 0.4) is 0 Å². The topological polar surface area (TPSA) is 59.4 Å². The minimum absolute atomic E-state index is 0.213. The van der Waals surface area contributed by atoms with Crippen LogP contribution in [0.4, 0.5) is 5.69 Å². The number of aryl methyl sites for hydroxylation is 1. The molecule has 104 valence electrons. The van der Waals surface area contributed by atoms with Gasteiger partial charge < -0.3 is 0 Å². The molecule has 20 heavy (non-hydrogen) atoms. The van der Waals surface area contributed by atoms with Crippen molar-refractivity contribution in [2.75, 3.05) is 6.26 Å². The van der Waals surface area contributed by atoms with E-state index in [2.05, 4.69) is 9.98 Å². The van der Waals surface area contributed by atoms with Gasteiger partial charge in [0.2, 0.25) is 0 Å². The van der Waals surface area contributed by atoms with Crippen molar-refractivity contribution in [2.24, 2.45) is 4.99 Å². The summed E-state index contributed by atoms with van der Waals surface area (Å²) in [5, 5.41) is 0. The average Bonchev–Trinajstić information content (AvgIpc) is 2.40. The minimum atomic E-state index is -3.21. The van der Waals surface area contributed by atoms with Crippen molar-refractivity contribution in [2.45, 2.75) is 18.7 Å². The Hall–Kier alpha value is -2.01. The SMILES string of the molecule is C/C(=N\c1ccccc1C)c1ccc(S(C)(=O)=O)cn1. The standard InChI is InChI=1S/C15H16N2O2S/c1-11-6-4-5-7-14(11)17-12(2)15-9-8-13(10-16-15)20(3,18)19/h4-10H,1-3H3/b17-12+. The fraction of sp³-hybridized carbons (Fsp3) is 0.200. The molecule has 0 radical (unpaired) electrons. The zero-order chi connectivity index (χ0) is 14.8. The van der Waals surface area contributed by atoms with E-state index in [1.165, 1.54) is 6.20 Å². The Bertz CT molecular complexity index is 748. The van der Waals surface area contributed by atoms with Gasteiger partial charge in [0.05, 0.1) is 22.0 Å². The Labute approximate surface area is 119 Å². The summed E-state index contributed by atoms with van der Waals surface area (Å²) < 4.78 is 22.8. The Morgan fingerprint density at radius 3 is 2.40 bits per heavy atom. The molecule has 1 heterocycles. The Morgan fingerprint density at radius 1 is 1.15 bits per heavy atom. The molecule has 0 spiro atoms. The van der Waals surface area contributed by atoms with E-state index in [-0.39, 0.29) is 4.90 Å². The van der Waals surface area contributed by atoms with Crippen molar-refractivity contribution in [1.82, 2.24) is 4.98 Å². The lowest BCUT2D eigenvalue weighted by Gasteiger charge is -2.04. The maximum absolute atomic E-state index is 11.4. The lowest BCUT2D eigenvalue weighted by Crippen LogP contribution is -2.02. The van der Waals surface area contributed by atoms with Gasteiger partial charge >= 0.3 is 0 Å². The molecule has 0 aliphatic rings. The number of nitrogens with zero attached hydrogens (tertiary/aromatic N) is 2. The van der Waals surface area contributed by atoms with E-state index in [9.17, 15) is 8.42 Å². The monoisotopic (exact) mass is 288 g/mol. The highest BCUT2D eigenvalue weighted by atomic mass is 32.2. The van der Waals surface area contributed by atoms with Gasteiger partial charge in [-0.05, 0) is 37.6 Å². The fourth-order valence-corrected chi connectivity index (χ4v) is 2.30. The van der Waals surface area contributed by atoms with Crippen LogP contribution in [0, 0.1) is 6.92 Å². The number of sulfone groups is 1. The molecule has 0 saturated carbocycles. The van der Waals surface area contributed by atoms with Crippen LogP contribution in [0.15, 0.2) is 52.5 Å². The first-order valence-corrected chi connectivity index (χ1v) is 8.04. The van der Waals surface area contributed by atoms with E-state index in [0.29, 0.717) is 5.69 Å². The number of para-hydroxylation sites is 1. The highest BCUT2D eigenvalue weighted by Gasteiger charge is 2.08. The van der Waals surface area contributed by atoms with E-state index in [1.807, 2.05) is 38.1 Å². The second-order valence-electron chi connectivity index (χ2n) is 4.64. The number of pyridine rings is 1. The predicted octanol–water partition coefficient (Wildman–Crippen LogP) is 2.93. The molecule has 0 atom stereocenters. The molecule has 0 bridgehead atoms. The van der Waals surface area contributed by atoms with Crippen LogP contribution in [0.25, 0.3) is 0 Å². The molecule has 1 aromatic carbocycles. The normalized spacial score (nSPS) is 12.4. The molecule has 0 fully saturated rings. The van der Waals surface area contributed by atoms with E-state index in [1.54, 1.807) is 12.1 Å². The fourth-order valence-electron chi connectivity index (χ4n) is 1.74. The van der Waals surface area contributed by atoms with Gasteiger partial charge in [-0.15, -0.1) is 0 Å². The maximum atomic E-state index is 11.4. The molecule has 1 aromatic heterocycles. The van der Waals surface area contributed by atoms with Crippen molar-refractivity contribution in [3.63, 3.8) is 0 Å². The number of aromatic nitrogens is 1. The summed E-state index contributed by atoms with van der Waals surface area (Å²) in [6.45, 7) is 3.85. The summed E-state index contributed by atoms with van der Waals surface area (Å²) in [6, 6.07) is 11.0. The quantitative estimate of drug-likeness (QED) is 0.816. The molecule has 2 aromatic rings. The van der Waals surface area contributed by atoms with E-state index >= 15 is 0 Å². The van der Waals surface area contributed by atoms with Crippen molar-refractivity contribution in [1.29, 1.82) is 0 Å². The van der Waals surface area contributed by atoms with Crippen LogP contribution >= 0.6 is 0 Å². The molecule has 0 aliphatic carbocycles. The molecule has 4 nitrogen and oxygen atoms in total. The lowest BCUT2D eigenvalue weighted by molar-refractivity contribution is 0.601. The van der Waals surface area contributed by atoms with Crippen LogP contribution in [0.1, 0.15) is 18.2 Å². The maximum Gasteiger partial charge on any atom is 0.177 e. The number of aliphatic imine (C=N–C) groups is 1. The first kappa shape index (κ1) is 14.4.